The minimum Gasteiger partial charge on any atom is -0.354 e. The molecule has 1 aliphatic rings. The van der Waals surface area contributed by atoms with Gasteiger partial charge in [-0.2, -0.15) is 0 Å². The molecule has 1 fully saturated rings. The van der Waals surface area contributed by atoms with Crippen LogP contribution >= 0.6 is 0 Å². The summed E-state index contributed by atoms with van der Waals surface area (Å²) in [5, 5.41) is 3.08. The number of amides is 1. The van der Waals surface area contributed by atoms with Gasteiger partial charge in [0.1, 0.15) is 0 Å². The Balaban J connectivity index is 1.52. The summed E-state index contributed by atoms with van der Waals surface area (Å²) in [6.07, 6.45) is 6.32. The van der Waals surface area contributed by atoms with Gasteiger partial charge in [0.25, 0.3) is 0 Å². The Kier molecular flexibility index (Phi) is 5.92. The summed E-state index contributed by atoms with van der Waals surface area (Å²) in [5.74, 6) is 0.0942. The lowest BCUT2D eigenvalue weighted by molar-refractivity contribution is -0.120. The van der Waals surface area contributed by atoms with Gasteiger partial charge in [-0.1, -0.05) is 24.1 Å². The molecule has 3 rings (SSSR count). The Morgan fingerprint density at radius 2 is 2.00 bits per heavy atom. The number of hydrogen-bond acceptors (Lipinski definition) is 2. The average molecular weight is 339 g/mol. The highest BCUT2D eigenvalue weighted by molar-refractivity contribution is 5.78. The summed E-state index contributed by atoms with van der Waals surface area (Å²) in [5.41, 5.74) is 3.36. The monoisotopic (exact) mass is 339 g/mol. The molecule has 4 nitrogen and oxygen atoms in total. The molecule has 0 aliphatic carbocycles. The topological polar surface area (TPSA) is 37.3 Å². The summed E-state index contributed by atoms with van der Waals surface area (Å²) in [6.45, 7) is 7.21. The number of likely N-dealkylation sites (tertiary alicyclic amines) is 1. The highest BCUT2D eigenvalue weighted by Gasteiger charge is 2.17. The van der Waals surface area contributed by atoms with Crippen molar-refractivity contribution in [2.45, 2.75) is 45.6 Å². The maximum absolute atomic E-state index is 12.3. The number of aryl methyl sites for hydroxylation is 1. The molecule has 1 aromatic heterocycles. The number of benzene rings is 1. The van der Waals surface area contributed by atoms with Crippen LogP contribution in [0.5, 0.6) is 0 Å². The summed E-state index contributed by atoms with van der Waals surface area (Å²) in [7, 11) is 0. The molecule has 2 heterocycles. The van der Waals surface area contributed by atoms with Crippen LogP contribution in [0.2, 0.25) is 0 Å². The third kappa shape index (κ3) is 4.73. The van der Waals surface area contributed by atoms with Crippen LogP contribution in [0.1, 0.15) is 37.4 Å². The molecule has 1 aromatic carbocycles. The Labute approximate surface area is 150 Å². The van der Waals surface area contributed by atoms with Gasteiger partial charge in [0, 0.05) is 36.7 Å². The highest BCUT2D eigenvalue weighted by Crippen LogP contribution is 2.16. The molecular weight excluding hydrogens is 310 g/mol. The zero-order valence-electron chi connectivity index (χ0n) is 15.4. The van der Waals surface area contributed by atoms with Crippen LogP contribution in [0, 0.1) is 6.92 Å². The van der Waals surface area contributed by atoms with Crippen LogP contribution in [0.25, 0.3) is 5.69 Å². The summed E-state index contributed by atoms with van der Waals surface area (Å²) in [6, 6.07) is 13.0. The molecule has 1 atom stereocenters. The van der Waals surface area contributed by atoms with E-state index in [1.54, 1.807) is 0 Å². The van der Waals surface area contributed by atoms with Crippen LogP contribution < -0.4 is 5.32 Å². The van der Waals surface area contributed by atoms with Crippen LogP contribution in [-0.4, -0.2) is 41.1 Å². The van der Waals surface area contributed by atoms with Crippen molar-refractivity contribution < 1.29 is 4.79 Å². The summed E-state index contributed by atoms with van der Waals surface area (Å²) in [4.78, 5) is 14.8. The molecule has 1 unspecified atom stereocenters. The van der Waals surface area contributed by atoms with Crippen LogP contribution in [0.3, 0.4) is 0 Å². The molecule has 25 heavy (non-hydrogen) atoms. The fourth-order valence-corrected chi connectivity index (χ4v) is 3.57. The number of piperidine rings is 1. The smallest absolute Gasteiger partial charge is 0.225 e. The first-order valence-electron chi connectivity index (χ1n) is 9.37. The van der Waals surface area contributed by atoms with Gasteiger partial charge in [-0.3, -0.25) is 9.69 Å². The van der Waals surface area contributed by atoms with Crippen molar-refractivity contribution in [3.8, 4) is 5.69 Å². The maximum atomic E-state index is 12.3. The predicted molar refractivity (Wildman–Crippen MR) is 102 cm³/mol. The zero-order chi connectivity index (χ0) is 17.6. The van der Waals surface area contributed by atoms with E-state index in [1.807, 2.05) is 18.3 Å². The minimum atomic E-state index is 0.0942. The molecule has 134 valence electrons. The third-order valence-corrected chi connectivity index (χ3v) is 5.15. The second-order valence-corrected chi connectivity index (χ2v) is 7.11. The van der Waals surface area contributed by atoms with Crippen molar-refractivity contribution in [1.82, 2.24) is 14.8 Å². The van der Waals surface area contributed by atoms with Gasteiger partial charge in [-0.25, -0.2) is 0 Å². The van der Waals surface area contributed by atoms with Crippen molar-refractivity contribution in [1.29, 1.82) is 0 Å². The lowest BCUT2D eigenvalue weighted by Crippen LogP contribution is -2.42. The lowest BCUT2D eigenvalue weighted by atomic mass is 10.0. The van der Waals surface area contributed by atoms with Gasteiger partial charge < -0.3 is 9.88 Å². The molecule has 2 aromatic rings. The van der Waals surface area contributed by atoms with Crippen molar-refractivity contribution in [2.75, 3.05) is 19.6 Å². The van der Waals surface area contributed by atoms with E-state index in [4.69, 9.17) is 0 Å². The van der Waals surface area contributed by atoms with Crippen molar-refractivity contribution in [2.24, 2.45) is 0 Å². The molecule has 1 N–H and O–H groups in total. The molecular formula is C21H29N3O. The molecule has 0 radical (unpaired) electrons. The minimum absolute atomic E-state index is 0.0942. The van der Waals surface area contributed by atoms with Gasteiger partial charge in [-0.15, -0.1) is 0 Å². The molecule has 0 bridgehead atoms. The Morgan fingerprint density at radius 3 is 2.76 bits per heavy atom. The third-order valence-electron chi connectivity index (χ3n) is 5.15. The molecule has 0 saturated carbocycles. The van der Waals surface area contributed by atoms with Crippen molar-refractivity contribution in [3.05, 3.63) is 53.9 Å². The first-order valence-corrected chi connectivity index (χ1v) is 9.37. The van der Waals surface area contributed by atoms with E-state index < -0.39 is 0 Å². The van der Waals surface area contributed by atoms with Crippen molar-refractivity contribution >= 4 is 5.91 Å². The fraction of sp³-hybridized carbons (Fsp3) is 0.476. The number of hydrogen-bond donors (Lipinski definition) is 1. The SMILES string of the molecule is Cc1ccc(-n2cccc2CC(=O)NCCN2CCCCC2C)cc1. The van der Waals surface area contributed by atoms with Gasteiger partial charge in [-0.05, 0) is 57.5 Å². The van der Waals surface area contributed by atoms with Crippen LogP contribution in [0.4, 0.5) is 0 Å². The standard InChI is InChI=1S/C21H29N3O/c1-17-8-10-19(11-9-17)24-14-5-7-20(24)16-21(25)22-12-15-23-13-4-3-6-18(23)2/h5,7-11,14,18H,3-4,6,12-13,15-16H2,1-2H3,(H,22,25). The normalized spacial score (nSPS) is 18.2. The number of rotatable bonds is 6. The molecule has 0 spiro atoms. The number of carbonyl (C=O) groups excluding carboxylic acids is 1. The van der Waals surface area contributed by atoms with E-state index in [2.05, 4.69) is 52.9 Å². The maximum Gasteiger partial charge on any atom is 0.225 e. The lowest BCUT2D eigenvalue weighted by Gasteiger charge is -2.33. The summed E-state index contributed by atoms with van der Waals surface area (Å²) < 4.78 is 2.09. The second-order valence-electron chi connectivity index (χ2n) is 7.11. The van der Waals surface area contributed by atoms with E-state index in [-0.39, 0.29) is 5.91 Å². The van der Waals surface area contributed by atoms with Crippen LogP contribution in [0.15, 0.2) is 42.6 Å². The number of nitrogens with one attached hydrogen (secondary N) is 1. The van der Waals surface area contributed by atoms with Gasteiger partial charge >= 0.3 is 0 Å². The Bertz CT molecular complexity index is 689. The van der Waals surface area contributed by atoms with E-state index >= 15 is 0 Å². The van der Waals surface area contributed by atoms with Gasteiger partial charge in [0.05, 0.1) is 6.42 Å². The van der Waals surface area contributed by atoms with E-state index in [1.165, 1.54) is 24.8 Å². The van der Waals surface area contributed by atoms with Gasteiger partial charge in [0.15, 0.2) is 0 Å². The zero-order valence-corrected chi connectivity index (χ0v) is 15.4. The Hall–Kier alpha value is -2.07. The van der Waals surface area contributed by atoms with E-state index in [9.17, 15) is 4.79 Å². The number of nitrogens with zero attached hydrogens (tertiary/aromatic N) is 2. The number of aromatic nitrogens is 1. The quantitative estimate of drug-likeness (QED) is 0.877. The van der Waals surface area contributed by atoms with Gasteiger partial charge in [0.2, 0.25) is 5.91 Å². The highest BCUT2D eigenvalue weighted by atomic mass is 16.1. The molecule has 4 heteroatoms. The van der Waals surface area contributed by atoms with Crippen molar-refractivity contribution in [3.63, 3.8) is 0 Å². The molecule has 1 aliphatic heterocycles. The largest absolute Gasteiger partial charge is 0.354 e. The van der Waals surface area contributed by atoms with E-state index in [0.717, 1.165) is 31.0 Å². The molecule has 1 amide bonds. The molecule has 1 saturated heterocycles. The predicted octanol–water partition coefficient (Wildman–Crippen LogP) is 3.32. The van der Waals surface area contributed by atoms with E-state index in [0.29, 0.717) is 12.5 Å². The Morgan fingerprint density at radius 1 is 1.20 bits per heavy atom. The van der Waals surface area contributed by atoms with Crippen LogP contribution in [-0.2, 0) is 11.2 Å². The fourth-order valence-electron chi connectivity index (χ4n) is 3.57. The number of carbonyl (C=O) groups is 1. The summed E-state index contributed by atoms with van der Waals surface area (Å²) >= 11 is 0. The average Bonchev–Trinajstić information content (AvgIpc) is 3.05. The second kappa shape index (κ2) is 8.34. The first kappa shape index (κ1) is 17.7. The first-order chi connectivity index (χ1) is 12.1.